The van der Waals surface area contributed by atoms with E-state index >= 15 is 0 Å². The Bertz CT molecular complexity index is 423. The minimum atomic E-state index is -0.950. The molecule has 17 heavy (non-hydrogen) atoms. The van der Waals surface area contributed by atoms with E-state index < -0.39 is 11.5 Å². The van der Waals surface area contributed by atoms with Crippen LogP contribution in [0, 0.1) is 0 Å². The molecule has 1 saturated carbocycles. The first-order valence-electron chi connectivity index (χ1n) is 5.68. The second-order valence-corrected chi connectivity index (χ2v) is 5.04. The molecule has 1 aliphatic rings. The van der Waals surface area contributed by atoms with Gasteiger partial charge in [0.25, 0.3) is 0 Å². The number of aromatic nitrogens is 2. The zero-order valence-corrected chi connectivity index (χ0v) is 10.3. The summed E-state index contributed by atoms with van der Waals surface area (Å²) in [6.07, 6.45) is 2.24. The molecule has 1 heterocycles. The molecule has 1 aliphatic carbocycles. The highest BCUT2D eigenvalue weighted by molar-refractivity contribution is 5.77. The largest absolute Gasteiger partial charge is 0.480 e. The topological polar surface area (TPSA) is 79.5 Å². The van der Waals surface area contributed by atoms with Crippen molar-refractivity contribution < 1.29 is 14.4 Å². The van der Waals surface area contributed by atoms with Crippen LogP contribution >= 0.6 is 0 Å². The number of hydrogen-bond acceptors (Lipinski definition) is 5. The van der Waals surface area contributed by atoms with Crippen molar-refractivity contribution in [3.05, 3.63) is 11.7 Å². The number of carboxylic acid groups (broad SMARTS) is 1. The Morgan fingerprint density at radius 1 is 1.59 bits per heavy atom. The van der Waals surface area contributed by atoms with Gasteiger partial charge < -0.3 is 9.63 Å². The van der Waals surface area contributed by atoms with E-state index in [9.17, 15) is 4.79 Å². The minimum absolute atomic E-state index is 0.346. The van der Waals surface area contributed by atoms with Gasteiger partial charge in [0.15, 0.2) is 5.82 Å². The highest BCUT2D eigenvalue weighted by atomic mass is 16.5. The van der Waals surface area contributed by atoms with Gasteiger partial charge in [0.2, 0.25) is 5.89 Å². The molecule has 6 nitrogen and oxygen atoms in total. The van der Waals surface area contributed by atoms with Crippen LogP contribution in [0.3, 0.4) is 0 Å². The third-order valence-electron chi connectivity index (χ3n) is 3.28. The van der Waals surface area contributed by atoms with E-state index in [2.05, 4.69) is 10.1 Å². The van der Waals surface area contributed by atoms with E-state index in [-0.39, 0.29) is 0 Å². The number of nitrogens with zero attached hydrogens (tertiary/aromatic N) is 3. The average molecular weight is 239 g/mol. The minimum Gasteiger partial charge on any atom is -0.480 e. The van der Waals surface area contributed by atoms with E-state index in [1.807, 2.05) is 0 Å². The van der Waals surface area contributed by atoms with E-state index in [0.717, 1.165) is 18.7 Å². The SMILES string of the molecule is CN(Cc1nc(C2CC2)no1)C(C)(C)C(=O)O. The van der Waals surface area contributed by atoms with Gasteiger partial charge in [-0.25, -0.2) is 0 Å². The maximum Gasteiger partial charge on any atom is 0.323 e. The Morgan fingerprint density at radius 2 is 2.24 bits per heavy atom. The van der Waals surface area contributed by atoms with Crippen molar-refractivity contribution in [1.82, 2.24) is 15.0 Å². The molecule has 0 bridgehead atoms. The number of aliphatic carboxylic acids is 1. The number of likely N-dealkylation sites (N-methyl/N-ethyl adjacent to an activating group) is 1. The summed E-state index contributed by atoms with van der Waals surface area (Å²) >= 11 is 0. The molecular formula is C11H17N3O3. The molecule has 0 saturated heterocycles. The van der Waals surface area contributed by atoms with Crippen molar-refractivity contribution in [3.63, 3.8) is 0 Å². The number of carboxylic acids is 1. The molecule has 0 atom stereocenters. The summed E-state index contributed by atoms with van der Waals surface area (Å²) in [7, 11) is 1.73. The summed E-state index contributed by atoms with van der Waals surface area (Å²) in [4.78, 5) is 17.0. The van der Waals surface area contributed by atoms with Crippen molar-refractivity contribution in [2.45, 2.75) is 44.7 Å². The quantitative estimate of drug-likeness (QED) is 0.832. The lowest BCUT2D eigenvalue weighted by molar-refractivity contribution is -0.149. The zero-order valence-electron chi connectivity index (χ0n) is 10.3. The fourth-order valence-electron chi connectivity index (χ4n) is 1.40. The Kier molecular flexibility index (Phi) is 2.91. The summed E-state index contributed by atoms with van der Waals surface area (Å²) in [5.41, 5.74) is -0.950. The predicted octanol–water partition coefficient (Wildman–Crippen LogP) is 1.24. The molecule has 94 valence electrons. The lowest BCUT2D eigenvalue weighted by Crippen LogP contribution is -2.47. The fourth-order valence-corrected chi connectivity index (χ4v) is 1.40. The van der Waals surface area contributed by atoms with Crippen molar-refractivity contribution in [2.24, 2.45) is 0 Å². The van der Waals surface area contributed by atoms with Crippen LogP contribution in [-0.4, -0.2) is 38.7 Å². The summed E-state index contributed by atoms with van der Waals surface area (Å²) in [6, 6.07) is 0. The second-order valence-electron chi connectivity index (χ2n) is 5.04. The summed E-state index contributed by atoms with van der Waals surface area (Å²) < 4.78 is 5.12. The van der Waals surface area contributed by atoms with E-state index in [1.165, 1.54) is 0 Å². The number of carbonyl (C=O) groups is 1. The van der Waals surface area contributed by atoms with Gasteiger partial charge in [0.05, 0.1) is 6.54 Å². The van der Waals surface area contributed by atoms with Gasteiger partial charge in [-0.1, -0.05) is 5.16 Å². The molecule has 0 radical (unpaired) electrons. The molecule has 1 fully saturated rings. The van der Waals surface area contributed by atoms with Crippen LogP contribution in [0.4, 0.5) is 0 Å². The Morgan fingerprint density at radius 3 is 2.76 bits per heavy atom. The molecule has 2 rings (SSSR count). The summed E-state index contributed by atoms with van der Waals surface area (Å²) in [5.74, 6) is 0.803. The lowest BCUT2D eigenvalue weighted by atomic mass is 10.0. The predicted molar refractivity (Wildman–Crippen MR) is 59.5 cm³/mol. The maximum atomic E-state index is 11.1. The van der Waals surface area contributed by atoms with Crippen LogP contribution in [0.1, 0.15) is 44.3 Å². The third kappa shape index (κ3) is 2.46. The first-order chi connectivity index (χ1) is 7.91. The Balaban J connectivity index is 2.01. The zero-order chi connectivity index (χ0) is 12.6. The molecule has 0 aromatic carbocycles. The molecule has 0 unspecified atom stereocenters. The van der Waals surface area contributed by atoms with Crippen LogP contribution in [-0.2, 0) is 11.3 Å². The standard InChI is InChI=1S/C11H17N3O3/c1-11(2,10(15)16)14(3)6-8-12-9(13-17-8)7-4-5-7/h7H,4-6H2,1-3H3,(H,15,16). The molecule has 0 spiro atoms. The smallest absolute Gasteiger partial charge is 0.323 e. The van der Waals surface area contributed by atoms with Crippen molar-refractivity contribution in [2.75, 3.05) is 7.05 Å². The van der Waals surface area contributed by atoms with Crippen LogP contribution in [0.15, 0.2) is 4.52 Å². The highest BCUT2D eigenvalue weighted by Crippen LogP contribution is 2.38. The van der Waals surface area contributed by atoms with E-state index in [1.54, 1.807) is 25.8 Å². The molecule has 1 aromatic rings. The van der Waals surface area contributed by atoms with Crippen LogP contribution in [0.5, 0.6) is 0 Å². The third-order valence-corrected chi connectivity index (χ3v) is 3.28. The molecule has 1 aromatic heterocycles. The Labute approximate surface area is 99.6 Å². The average Bonchev–Trinajstić information content (AvgIpc) is 3.00. The molecular weight excluding hydrogens is 222 g/mol. The van der Waals surface area contributed by atoms with Gasteiger partial charge in [-0.2, -0.15) is 4.98 Å². The lowest BCUT2D eigenvalue weighted by Gasteiger charge is -2.29. The Hall–Kier alpha value is -1.43. The first-order valence-corrected chi connectivity index (χ1v) is 5.68. The molecule has 6 heteroatoms. The van der Waals surface area contributed by atoms with Crippen LogP contribution in [0.2, 0.25) is 0 Å². The van der Waals surface area contributed by atoms with E-state index in [0.29, 0.717) is 18.4 Å². The normalized spacial score (nSPS) is 16.5. The number of rotatable bonds is 5. The van der Waals surface area contributed by atoms with Crippen LogP contribution < -0.4 is 0 Å². The van der Waals surface area contributed by atoms with Gasteiger partial charge >= 0.3 is 5.97 Å². The summed E-state index contributed by atoms with van der Waals surface area (Å²) in [6.45, 7) is 3.64. The van der Waals surface area contributed by atoms with E-state index in [4.69, 9.17) is 9.63 Å². The second kappa shape index (κ2) is 4.10. The summed E-state index contributed by atoms with van der Waals surface area (Å²) in [5, 5.41) is 13.0. The fraction of sp³-hybridized carbons (Fsp3) is 0.727. The molecule has 1 N–H and O–H groups in total. The van der Waals surface area contributed by atoms with Gasteiger partial charge in [0, 0.05) is 5.92 Å². The van der Waals surface area contributed by atoms with Gasteiger partial charge in [-0.05, 0) is 33.7 Å². The first kappa shape index (κ1) is 12.0. The van der Waals surface area contributed by atoms with Crippen molar-refractivity contribution in [1.29, 1.82) is 0 Å². The van der Waals surface area contributed by atoms with Gasteiger partial charge in [-0.15, -0.1) is 0 Å². The monoisotopic (exact) mass is 239 g/mol. The molecule has 0 aliphatic heterocycles. The maximum absolute atomic E-state index is 11.1. The molecule has 0 amide bonds. The van der Waals surface area contributed by atoms with Crippen molar-refractivity contribution >= 4 is 5.97 Å². The van der Waals surface area contributed by atoms with Crippen molar-refractivity contribution in [3.8, 4) is 0 Å². The van der Waals surface area contributed by atoms with Gasteiger partial charge in [-0.3, -0.25) is 9.69 Å². The van der Waals surface area contributed by atoms with Gasteiger partial charge in [0.1, 0.15) is 5.54 Å². The highest BCUT2D eigenvalue weighted by Gasteiger charge is 2.34. The number of hydrogen-bond donors (Lipinski definition) is 1. The van der Waals surface area contributed by atoms with Crippen LogP contribution in [0.25, 0.3) is 0 Å².